The van der Waals surface area contributed by atoms with Crippen molar-refractivity contribution in [1.29, 1.82) is 0 Å². The number of hydrogen-bond donors (Lipinski definition) is 2. The number of nitrogens with zero attached hydrogens (tertiary/aromatic N) is 5. The second kappa shape index (κ2) is 10.1. The first-order valence-corrected chi connectivity index (χ1v) is 12.2. The Balaban J connectivity index is 1.28. The standard InChI is InChI=1S/C28H20ClF2N7/c29-17-5-10-20-21(13-17)26(24-22(30)3-1-4-23(24)31)34-14-16-15-35-28(38-25(16)20)37-19-8-6-18(7-9-19)36-27-32-11-2-12-33-27/h1-13,15,20-21H,14H2,(H,32,33,36)(H,35,37,38). The summed E-state index contributed by atoms with van der Waals surface area (Å²) in [6.45, 7) is 0.187. The Kier molecular flexibility index (Phi) is 6.35. The van der Waals surface area contributed by atoms with Gasteiger partial charge in [-0.15, -0.1) is 0 Å². The molecule has 2 atom stereocenters. The molecule has 2 aliphatic rings. The summed E-state index contributed by atoms with van der Waals surface area (Å²) >= 11 is 6.33. The van der Waals surface area contributed by atoms with Crippen molar-refractivity contribution in [1.82, 2.24) is 19.9 Å². The van der Waals surface area contributed by atoms with E-state index in [0.29, 0.717) is 22.6 Å². The maximum atomic E-state index is 14.8. The number of aliphatic imine (C=N–C) groups is 1. The van der Waals surface area contributed by atoms with E-state index in [2.05, 4.69) is 30.6 Å². The number of aromatic nitrogens is 4. The highest BCUT2D eigenvalue weighted by Crippen LogP contribution is 2.39. The highest BCUT2D eigenvalue weighted by Gasteiger charge is 2.35. The molecule has 2 unspecified atom stereocenters. The van der Waals surface area contributed by atoms with Gasteiger partial charge in [0.1, 0.15) is 11.6 Å². The molecule has 6 rings (SSSR count). The smallest absolute Gasteiger partial charge is 0.227 e. The van der Waals surface area contributed by atoms with Crippen molar-refractivity contribution < 1.29 is 8.78 Å². The molecule has 4 aromatic rings. The minimum atomic E-state index is -0.669. The van der Waals surface area contributed by atoms with Gasteiger partial charge in [-0.05, 0) is 48.5 Å². The molecular weight excluding hydrogens is 508 g/mol. The lowest BCUT2D eigenvalue weighted by atomic mass is 9.79. The number of nitrogens with one attached hydrogen (secondary N) is 2. The Morgan fingerprint density at radius 3 is 2.21 bits per heavy atom. The SMILES string of the molecule is Fc1cccc(F)c1C1=NCc2cnc(Nc3ccc(Nc4ncccn4)cc3)nc2C2C=CC(Cl)=CC12. The van der Waals surface area contributed by atoms with Gasteiger partial charge in [0.05, 0.1) is 23.5 Å². The van der Waals surface area contributed by atoms with Crippen LogP contribution in [-0.4, -0.2) is 25.6 Å². The van der Waals surface area contributed by atoms with Crippen LogP contribution in [0.3, 0.4) is 0 Å². The van der Waals surface area contributed by atoms with E-state index in [4.69, 9.17) is 16.6 Å². The number of anilines is 4. The average Bonchev–Trinajstić information content (AvgIpc) is 3.07. The van der Waals surface area contributed by atoms with Crippen LogP contribution in [0.2, 0.25) is 0 Å². The minimum Gasteiger partial charge on any atom is -0.324 e. The molecule has 2 N–H and O–H groups in total. The van der Waals surface area contributed by atoms with Crippen molar-refractivity contribution in [3.05, 3.63) is 119 Å². The Morgan fingerprint density at radius 1 is 0.816 bits per heavy atom. The predicted octanol–water partition coefficient (Wildman–Crippen LogP) is 6.43. The molecule has 10 heteroatoms. The molecule has 3 heterocycles. The fourth-order valence-electron chi connectivity index (χ4n) is 4.57. The fourth-order valence-corrected chi connectivity index (χ4v) is 4.78. The Hall–Kier alpha value is -4.50. The first-order valence-electron chi connectivity index (χ1n) is 11.9. The number of rotatable bonds is 5. The Morgan fingerprint density at radius 2 is 1.50 bits per heavy atom. The van der Waals surface area contributed by atoms with Crippen LogP contribution in [0, 0.1) is 17.6 Å². The summed E-state index contributed by atoms with van der Waals surface area (Å²) in [4.78, 5) is 22.2. The molecule has 2 aromatic heterocycles. The summed E-state index contributed by atoms with van der Waals surface area (Å²) < 4.78 is 29.5. The van der Waals surface area contributed by atoms with Crippen molar-refractivity contribution in [3.8, 4) is 0 Å². The fraction of sp³-hybridized carbons (Fsp3) is 0.107. The maximum Gasteiger partial charge on any atom is 0.227 e. The summed E-state index contributed by atoms with van der Waals surface area (Å²) in [7, 11) is 0. The van der Waals surface area contributed by atoms with Crippen LogP contribution in [0.15, 0.2) is 95.4 Å². The van der Waals surface area contributed by atoms with E-state index in [1.165, 1.54) is 18.2 Å². The lowest BCUT2D eigenvalue weighted by Gasteiger charge is -2.26. The van der Waals surface area contributed by atoms with Gasteiger partial charge in [-0.3, -0.25) is 4.99 Å². The zero-order chi connectivity index (χ0) is 26.1. The Bertz CT molecular complexity index is 1570. The number of allylic oxidation sites excluding steroid dienone is 4. The molecule has 7 nitrogen and oxygen atoms in total. The third-order valence-electron chi connectivity index (χ3n) is 6.32. The molecule has 0 saturated heterocycles. The first-order chi connectivity index (χ1) is 18.5. The summed E-state index contributed by atoms with van der Waals surface area (Å²) in [5, 5.41) is 6.83. The monoisotopic (exact) mass is 527 g/mol. The maximum absolute atomic E-state index is 14.8. The second-order valence-electron chi connectivity index (χ2n) is 8.76. The predicted molar refractivity (Wildman–Crippen MR) is 143 cm³/mol. The third-order valence-corrected chi connectivity index (χ3v) is 6.57. The second-order valence-corrected chi connectivity index (χ2v) is 9.20. The first kappa shape index (κ1) is 23.9. The van der Waals surface area contributed by atoms with Gasteiger partial charge in [0.2, 0.25) is 11.9 Å². The molecule has 0 fully saturated rings. The van der Waals surface area contributed by atoms with Crippen molar-refractivity contribution >= 4 is 40.6 Å². The lowest BCUT2D eigenvalue weighted by Crippen LogP contribution is -2.24. The van der Waals surface area contributed by atoms with E-state index in [0.717, 1.165) is 22.6 Å². The van der Waals surface area contributed by atoms with Crippen LogP contribution >= 0.6 is 11.6 Å². The van der Waals surface area contributed by atoms with E-state index in [9.17, 15) is 8.78 Å². The molecule has 1 aliphatic carbocycles. The van der Waals surface area contributed by atoms with Crippen LogP contribution in [0.4, 0.5) is 32.1 Å². The van der Waals surface area contributed by atoms with Crippen molar-refractivity contribution in [2.45, 2.75) is 12.5 Å². The van der Waals surface area contributed by atoms with Gasteiger partial charge >= 0.3 is 0 Å². The van der Waals surface area contributed by atoms with Crippen LogP contribution in [0.5, 0.6) is 0 Å². The number of hydrogen-bond acceptors (Lipinski definition) is 7. The van der Waals surface area contributed by atoms with E-state index in [1.54, 1.807) is 36.8 Å². The van der Waals surface area contributed by atoms with Crippen LogP contribution < -0.4 is 10.6 Å². The van der Waals surface area contributed by atoms with Crippen LogP contribution in [0.25, 0.3) is 0 Å². The van der Waals surface area contributed by atoms with E-state index >= 15 is 0 Å². The average molecular weight is 528 g/mol. The zero-order valence-corrected chi connectivity index (χ0v) is 20.6. The van der Waals surface area contributed by atoms with Crippen molar-refractivity contribution in [2.75, 3.05) is 10.6 Å². The van der Waals surface area contributed by atoms with E-state index in [-0.39, 0.29) is 18.0 Å². The number of benzene rings is 2. The highest BCUT2D eigenvalue weighted by atomic mass is 35.5. The van der Waals surface area contributed by atoms with Crippen LogP contribution in [0.1, 0.15) is 22.7 Å². The quantitative estimate of drug-likeness (QED) is 0.311. The van der Waals surface area contributed by atoms with Crippen molar-refractivity contribution in [3.63, 3.8) is 0 Å². The summed E-state index contributed by atoms with van der Waals surface area (Å²) in [6.07, 6.45) is 10.5. The largest absolute Gasteiger partial charge is 0.324 e. The lowest BCUT2D eigenvalue weighted by molar-refractivity contribution is 0.574. The van der Waals surface area contributed by atoms with E-state index in [1.807, 2.05) is 30.3 Å². The normalized spacial score (nSPS) is 18.0. The molecule has 0 saturated carbocycles. The highest BCUT2D eigenvalue weighted by molar-refractivity contribution is 6.31. The summed E-state index contributed by atoms with van der Waals surface area (Å²) in [5.74, 6) is -1.26. The molecule has 38 heavy (non-hydrogen) atoms. The molecule has 2 aromatic carbocycles. The third kappa shape index (κ3) is 4.76. The summed E-state index contributed by atoms with van der Waals surface area (Å²) in [5.41, 5.74) is 3.25. The molecule has 0 bridgehead atoms. The van der Waals surface area contributed by atoms with Gasteiger partial charge in [-0.25, -0.2) is 28.7 Å². The number of halogens is 3. The van der Waals surface area contributed by atoms with Crippen LogP contribution in [-0.2, 0) is 6.54 Å². The molecule has 0 radical (unpaired) electrons. The topological polar surface area (TPSA) is 88.0 Å². The van der Waals surface area contributed by atoms with Gasteiger partial charge in [0, 0.05) is 52.4 Å². The molecule has 0 spiro atoms. The summed E-state index contributed by atoms with van der Waals surface area (Å²) in [6, 6.07) is 13.1. The van der Waals surface area contributed by atoms with E-state index < -0.39 is 17.6 Å². The van der Waals surface area contributed by atoms with Gasteiger partial charge < -0.3 is 10.6 Å². The zero-order valence-electron chi connectivity index (χ0n) is 19.8. The molecular formula is C28H20ClF2N7. The van der Waals surface area contributed by atoms with Gasteiger partial charge in [-0.2, -0.15) is 0 Å². The van der Waals surface area contributed by atoms with Gasteiger partial charge in [0.25, 0.3) is 0 Å². The molecule has 1 aliphatic heterocycles. The molecule has 0 amide bonds. The van der Waals surface area contributed by atoms with Gasteiger partial charge in [0.15, 0.2) is 0 Å². The number of fused-ring (bicyclic) bond motifs is 3. The van der Waals surface area contributed by atoms with Gasteiger partial charge in [-0.1, -0.05) is 29.8 Å². The van der Waals surface area contributed by atoms with Crippen molar-refractivity contribution in [2.24, 2.45) is 10.9 Å². The minimum absolute atomic E-state index is 0.146. The molecule has 188 valence electrons. The Labute approximate surface area is 222 Å².